The fraction of sp³-hybridized carbons (Fsp3) is 0.667. The lowest BCUT2D eigenvalue weighted by Crippen LogP contribution is -2.59. The van der Waals surface area contributed by atoms with Gasteiger partial charge in [0.1, 0.15) is 6.61 Å². The molecule has 2 fully saturated rings. The number of piperidine rings is 1. The molecule has 0 aromatic heterocycles. The Labute approximate surface area is 207 Å². The van der Waals surface area contributed by atoms with Crippen molar-refractivity contribution in [2.75, 3.05) is 13.1 Å². The van der Waals surface area contributed by atoms with Crippen LogP contribution in [0.3, 0.4) is 0 Å². The predicted molar refractivity (Wildman–Crippen MR) is 132 cm³/mol. The number of azide groups is 1. The monoisotopic (exact) mass is 485 g/mol. The third kappa shape index (κ3) is 6.16. The summed E-state index contributed by atoms with van der Waals surface area (Å²) in [5, 5.41) is 3.90. The van der Waals surface area contributed by atoms with Gasteiger partial charge in [-0.3, -0.25) is 9.59 Å². The van der Waals surface area contributed by atoms with Gasteiger partial charge < -0.3 is 24.7 Å². The van der Waals surface area contributed by atoms with Crippen LogP contribution in [0.2, 0.25) is 6.32 Å². The van der Waals surface area contributed by atoms with Gasteiger partial charge in [-0.1, -0.05) is 41.9 Å². The smallest absolute Gasteiger partial charge is 0.457 e. The third-order valence-electron chi connectivity index (χ3n) is 7.20. The first kappa shape index (κ1) is 27.0. The van der Waals surface area contributed by atoms with Crippen LogP contribution < -0.4 is 5.73 Å². The van der Waals surface area contributed by atoms with Crippen LogP contribution >= 0.6 is 0 Å². The van der Waals surface area contributed by atoms with E-state index in [0.29, 0.717) is 19.3 Å². The van der Waals surface area contributed by atoms with Crippen LogP contribution in [0.4, 0.5) is 0 Å². The molecule has 2 heterocycles. The molecule has 2 saturated heterocycles. The number of benzene rings is 1. The summed E-state index contributed by atoms with van der Waals surface area (Å²) in [7, 11) is -0.404. The van der Waals surface area contributed by atoms with Gasteiger partial charge >= 0.3 is 13.1 Å². The van der Waals surface area contributed by atoms with Gasteiger partial charge in [0.25, 0.3) is 0 Å². The molecule has 0 saturated carbocycles. The molecule has 2 aliphatic heterocycles. The highest BCUT2D eigenvalue weighted by atomic mass is 16.7. The molecule has 35 heavy (non-hydrogen) atoms. The SMILES string of the molecule is C[C@H](N)C(=O)N1C[C@H](CCB2OC(C)(C)C(C)(C)O2)CC(N=[N+]=[N-])(C(=O)OCc2ccccc2)C1. The van der Waals surface area contributed by atoms with Gasteiger partial charge in [0.15, 0.2) is 5.54 Å². The minimum Gasteiger partial charge on any atom is -0.460 e. The van der Waals surface area contributed by atoms with E-state index >= 15 is 0 Å². The second-order valence-electron chi connectivity index (χ2n) is 10.6. The summed E-state index contributed by atoms with van der Waals surface area (Å²) in [6.45, 7) is 9.93. The number of nitrogens with two attached hydrogens (primary N) is 1. The highest BCUT2D eigenvalue weighted by Gasteiger charge is 2.52. The summed E-state index contributed by atoms with van der Waals surface area (Å²) < 4.78 is 17.8. The van der Waals surface area contributed by atoms with Gasteiger partial charge in [-0.15, -0.1) is 0 Å². The number of hydrogen-bond acceptors (Lipinski definition) is 7. The van der Waals surface area contributed by atoms with E-state index < -0.39 is 35.9 Å². The molecular weight excluding hydrogens is 449 g/mol. The first-order valence-corrected chi connectivity index (χ1v) is 12.1. The molecule has 3 atom stereocenters. The zero-order valence-corrected chi connectivity index (χ0v) is 21.3. The Hall–Kier alpha value is -2.59. The van der Waals surface area contributed by atoms with Crippen LogP contribution in [0.1, 0.15) is 53.0 Å². The summed E-state index contributed by atoms with van der Waals surface area (Å²) in [5.41, 5.74) is 13.6. The van der Waals surface area contributed by atoms with E-state index in [-0.39, 0.29) is 31.4 Å². The van der Waals surface area contributed by atoms with Gasteiger partial charge in [0.05, 0.1) is 17.2 Å². The summed E-state index contributed by atoms with van der Waals surface area (Å²) >= 11 is 0. The Bertz CT molecular complexity index is 950. The van der Waals surface area contributed by atoms with Crippen molar-refractivity contribution in [1.29, 1.82) is 0 Å². The van der Waals surface area contributed by atoms with Crippen molar-refractivity contribution in [2.45, 2.75) is 83.2 Å². The molecule has 1 aromatic rings. The molecule has 1 unspecified atom stereocenters. The van der Waals surface area contributed by atoms with Crippen LogP contribution in [-0.2, 0) is 30.2 Å². The molecule has 1 amide bonds. The standard InChI is InChI=1S/C24H36BN5O5/c1-17(26)20(31)30-14-19(11-12-25-34-22(2,3)23(4,5)35-25)13-24(16-30,28-29-27)21(32)33-15-18-9-7-6-8-10-18/h6-10,17,19H,11-16,26H2,1-5H3/t17-,19+,24?/m0/s1. The Morgan fingerprint density at radius 2 is 1.89 bits per heavy atom. The topological polar surface area (TPSA) is 140 Å². The quantitative estimate of drug-likeness (QED) is 0.197. The average molecular weight is 485 g/mol. The largest absolute Gasteiger partial charge is 0.460 e. The van der Waals surface area contributed by atoms with E-state index in [4.69, 9.17) is 19.8 Å². The van der Waals surface area contributed by atoms with E-state index in [0.717, 1.165) is 5.56 Å². The van der Waals surface area contributed by atoms with Crippen LogP contribution in [0, 0.1) is 5.92 Å². The zero-order valence-electron chi connectivity index (χ0n) is 21.3. The number of esters is 1. The van der Waals surface area contributed by atoms with E-state index in [1.807, 2.05) is 58.0 Å². The van der Waals surface area contributed by atoms with Crippen molar-refractivity contribution in [3.63, 3.8) is 0 Å². The number of nitrogens with zero attached hydrogens (tertiary/aromatic N) is 4. The van der Waals surface area contributed by atoms with Crippen LogP contribution in [0.15, 0.2) is 35.4 Å². The number of carbonyl (C=O) groups is 2. The highest BCUT2D eigenvalue weighted by Crippen LogP contribution is 2.40. The molecule has 10 nitrogen and oxygen atoms in total. The summed E-state index contributed by atoms with van der Waals surface area (Å²) in [6.07, 6.45) is 1.43. The van der Waals surface area contributed by atoms with Crippen LogP contribution in [0.25, 0.3) is 10.4 Å². The van der Waals surface area contributed by atoms with Crippen molar-refractivity contribution in [3.8, 4) is 0 Å². The summed E-state index contributed by atoms with van der Waals surface area (Å²) in [6, 6.07) is 8.50. The van der Waals surface area contributed by atoms with Crippen molar-refractivity contribution >= 4 is 19.0 Å². The molecule has 2 aliphatic rings. The molecule has 190 valence electrons. The number of rotatable bonds is 8. The molecule has 0 bridgehead atoms. The Morgan fingerprint density at radius 3 is 2.46 bits per heavy atom. The van der Waals surface area contributed by atoms with Gasteiger partial charge in [-0.05, 0) is 64.4 Å². The Morgan fingerprint density at radius 1 is 1.26 bits per heavy atom. The van der Waals surface area contributed by atoms with Gasteiger partial charge in [0.2, 0.25) is 5.91 Å². The lowest BCUT2D eigenvalue weighted by Gasteiger charge is -2.42. The fourth-order valence-electron chi connectivity index (χ4n) is 4.61. The highest BCUT2D eigenvalue weighted by molar-refractivity contribution is 6.45. The van der Waals surface area contributed by atoms with Crippen molar-refractivity contribution in [2.24, 2.45) is 16.8 Å². The van der Waals surface area contributed by atoms with Gasteiger partial charge in [-0.2, -0.15) is 0 Å². The van der Waals surface area contributed by atoms with E-state index in [2.05, 4.69) is 10.0 Å². The number of amides is 1. The first-order valence-electron chi connectivity index (χ1n) is 12.1. The summed E-state index contributed by atoms with van der Waals surface area (Å²) in [4.78, 5) is 30.6. The lowest BCUT2D eigenvalue weighted by molar-refractivity contribution is -0.156. The molecule has 0 radical (unpaired) electrons. The number of likely N-dealkylation sites (tertiary alicyclic amines) is 1. The van der Waals surface area contributed by atoms with Crippen molar-refractivity contribution < 1.29 is 23.6 Å². The second kappa shape index (κ2) is 10.6. The molecule has 3 rings (SSSR count). The van der Waals surface area contributed by atoms with Gasteiger partial charge in [0, 0.05) is 18.0 Å². The maximum absolute atomic E-state index is 13.3. The fourth-order valence-corrected chi connectivity index (χ4v) is 4.61. The van der Waals surface area contributed by atoms with E-state index in [9.17, 15) is 15.1 Å². The first-order chi connectivity index (χ1) is 16.4. The van der Waals surface area contributed by atoms with Crippen molar-refractivity contribution in [3.05, 3.63) is 46.3 Å². The molecule has 11 heteroatoms. The molecule has 0 aliphatic carbocycles. The van der Waals surface area contributed by atoms with Gasteiger partial charge in [-0.25, -0.2) is 0 Å². The number of ether oxygens (including phenoxy) is 1. The van der Waals surface area contributed by atoms with E-state index in [1.165, 1.54) is 4.90 Å². The second-order valence-corrected chi connectivity index (χ2v) is 10.6. The average Bonchev–Trinajstić information content (AvgIpc) is 3.02. The third-order valence-corrected chi connectivity index (χ3v) is 7.20. The number of hydrogen-bond donors (Lipinski definition) is 1. The minimum atomic E-state index is -1.53. The normalized spacial score (nSPS) is 26.1. The predicted octanol–water partition coefficient (Wildman–Crippen LogP) is 3.46. The lowest BCUT2D eigenvalue weighted by atomic mass is 9.74. The minimum absolute atomic E-state index is 0.0438. The summed E-state index contributed by atoms with van der Waals surface area (Å²) in [5.74, 6) is -1.10. The van der Waals surface area contributed by atoms with Crippen LogP contribution in [0.5, 0.6) is 0 Å². The van der Waals surface area contributed by atoms with E-state index in [1.54, 1.807) is 6.92 Å². The molecule has 2 N–H and O–H groups in total. The molecular formula is C24H36BN5O5. The van der Waals surface area contributed by atoms with Crippen molar-refractivity contribution in [1.82, 2.24) is 4.90 Å². The maximum Gasteiger partial charge on any atom is 0.457 e. The Balaban J connectivity index is 1.77. The zero-order chi connectivity index (χ0) is 25.9. The Kier molecular flexibility index (Phi) is 8.16. The molecule has 0 spiro atoms. The molecule has 1 aromatic carbocycles. The maximum atomic E-state index is 13.3. The van der Waals surface area contributed by atoms with Crippen LogP contribution in [-0.4, -0.2) is 59.8 Å². The number of carbonyl (C=O) groups excluding carboxylic acids is 2.